The zero-order valence-corrected chi connectivity index (χ0v) is 13.4. The molecule has 2 aromatic carbocycles. The minimum absolute atomic E-state index is 0.543. The fourth-order valence-electron chi connectivity index (χ4n) is 3.11. The smallest absolute Gasteiger partial charge is 0.141 e. The molecule has 2 aromatic heterocycles. The second-order valence-electron chi connectivity index (χ2n) is 6.32. The Labute approximate surface area is 135 Å². The molecule has 4 aromatic rings. The molecule has 3 heteroatoms. The number of pyridine rings is 1. The highest BCUT2D eigenvalue weighted by molar-refractivity contribution is 6.03. The van der Waals surface area contributed by atoms with E-state index in [1.165, 1.54) is 10.9 Å². The third-order valence-electron chi connectivity index (χ3n) is 4.06. The Kier molecular flexibility index (Phi) is 3.34. The Bertz CT molecular complexity index is 968. The Morgan fingerprint density at radius 3 is 2.43 bits per heavy atom. The van der Waals surface area contributed by atoms with Gasteiger partial charge in [0.15, 0.2) is 0 Å². The summed E-state index contributed by atoms with van der Waals surface area (Å²) in [6.07, 6.45) is 1.89. The molecule has 0 aliphatic rings. The lowest BCUT2D eigenvalue weighted by atomic mass is 10.1. The fraction of sp³-hybridized carbons (Fsp3) is 0.200. The Hall–Kier alpha value is -2.68. The van der Waals surface area contributed by atoms with Crippen LogP contribution in [0.25, 0.3) is 33.3 Å². The Morgan fingerprint density at radius 2 is 1.65 bits per heavy atom. The van der Waals surface area contributed by atoms with Gasteiger partial charge in [-0.1, -0.05) is 62.4 Å². The third kappa shape index (κ3) is 2.38. The largest absolute Gasteiger partial charge is 0.323 e. The molecule has 0 bridgehead atoms. The SMILES string of the molecule is CC(C)Cn1c(-c2ccccc2)nc2cnc3ccccc3c21. The van der Waals surface area contributed by atoms with Crippen molar-refractivity contribution in [1.82, 2.24) is 14.5 Å². The predicted octanol–water partition coefficient (Wildman–Crippen LogP) is 4.91. The van der Waals surface area contributed by atoms with Gasteiger partial charge in [-0.25, -0.2) is 4.98 Å². The zero-order chi connectivity index (χ0) is 15.8. The number of benzene rings is 2. The second kappa shape index (κ2) is 5.51. The summed E-state index contributed by atoms with van der Waals surface area (Å²) in [6, 6.07) is 18.7. The van der Waals surface area contributed by atoms with Crippen molar-refractivity contribution >= 4 is 21.9 Å². The summed E-state index contributed by atoms with van der Waals surface area (Å²) in [5.41, 5.74) is 4.31. The van der Waals surface area contributed by atoms with Crippen LogP contribution >= 0.6 is 0 Å². The van der Waals surface area contributed by atoms with Crippen LogP contribution in [0.15, 0.2) is 60.8 Å². The van der Waals surface area contributed by atoms with Gasteiger partial charge in [-0.2, -0.15) is 0 Å². The standard InChI is InChI=1S/C20H19N3/c1-14(2)13-23-19-16-10-6-7-11-17(16)21-12-18(19)22-20(23)15-8-4-3-5-9-15/h3-12,14H,13H2,1-2H3. The second-order valence-corrected chi connectivity index (χ2v) is 6.32. The van der Waals surface area contributed by atoms with Crippen LogP contribution in [0.2, 0.25) is 0 Å². The van der Waals surface area contributed by atoms with Crippen LogP contribution in [0.4, 0.5) is 0 Å². The molecule has 0 atom stereocenters. The number of fused-ring (bicyclic) bond motifs is 3. The van der Waals surface area contributed by atoms with E-state index in [-0.39, 0.29) is 0 Å². The molecule has 0 saturated carbocycles. The van der Waals surface area contributed by atoms with E-state index >= 15 is 0 Å². The molecule has 0 radical (unpaired) electrons. The summed E-state index contributed by atoms with van der Waals surface area (Å²) < 4.78 is 2.35. The summed E-state index contributed by atoms with van der Waals surface area (Å²) in [5, 5.41) is 1.17. The maximum Gasteiger partial charge on any atom is 0.141 e. The molecule has 0 amide bonds. The summed E-state index contributed by atoms with van der Waals surface area (Å²) in [5.74, 6) is 1.56. The number of rotatable bonds is 3. The van der Waals surface area contributed by atoms with E-state index in [0.717, 1.165) is 29.0 Å². The minimum atomic E-state index is 0.543. The molecular weight excluding hydrogens is 282 g/mol. The maximum atomic E-state index is 4.89. The van der Waals surface area contributed by atoms with Gasteiger partial charge in [0.1, 0.15) is 11.3 Å². The van der Waals surface area contributed by atoms with E-state index in [0.29, 0.717) is 5.92 Å². The lowest BCUT2D eigenvalue weighted by molar-refractivity contribution is 0.537. The summed E-state index contributed by atoms with van der Waals surface area (Å²) in [7, 11) is 0. The van der Waals surface area contributed by atoms with Gasteiger partial charge in [-0.3, -0.25) is 4.98 Å². The average Bonchev–Trinajstić information content (AvgIpc) is 2.94. The quantitative estimate of drug-likeness (QED) is 0.538. The molecule has 23 heavy (non-hydrogen) atoms. The van der Waals surface area contributed by atoms with Gasteiger partial charge in [0.2, 0.25) is 0 Å². The van der Waals surface area contributed by atoms with E-state index < -0.39 is 0 Å². The van der Waals surface area contributed by atoms with Crippen molar-refractivity contribution in [2.45, 2.75) is 20.4 Å². The molecule has 0 N–H and O–H groups in total. The van der Waals surface area contributed by atoms with Gasteiger partial charge in [0.05, 0.1) is 17.2 Å². The molecule has 2 heterocycles. The molecule has 0 aliphatic carbocycles. The van der Waals surface area contributed by atoms with Crippen molar-refractivity contribution in [3.63, 3.8) is 0 Å². The molecule has 0 fully saturated rings. The Morgan fingerprint density at radius 1 is 0.913 bits per heavy atom. The summed E-state index contributed by atoms with van der Waals surface area (Å²) >= 11 is 0. The van der Waals surface area contributed by atoms with Crippen LogP contribution in [0.1, 0.15) is 13.8 Å². The van der Waals surface area contributed by atoms with Gasteiger partial charge in [-0.05, 0) is 12.0 Å². The first kappa shape index (κ1) is 13.9. The number of hydrogen-bond acceptors (Lipinski definition) is 2. The number of imidazole rings is 1. The zero-order valence-electron chi connectivity index (χ0n) is 13.4. The van der Waals surface area contributed by atoms with Gasteiger partial charge >= 0.3 is 0 Å². The van der Waals surface area contributed by atoms with E-state index in [1.54, 1.807) is 0 Å². The predicted molar refractivity (Wildman–Crippen MR) is 95.3 cm³/mol. The number of nitrogens with zero attached hydrogens (tertiary/aromatic N) is 3. The highest BCUT2D eigenvalue weighted by Gasteiger charge is 2.16. The molecule has 0 unspecified atom stereocenters. The van der Waals surface area contributed by atoms with Crippen LogP contribution in [0.5, 0.6) is 0 Å². The van der Waals surface area contributed by atoms with Crippen molar-refractivity contribution in [3.8, 4) is 11.4 Å². The molecular formula is C20H19N3. The molecule has 0 aliphatic heterocycles. The van der Waals surface area contributed by atoms with E-state index in [1.807, 2.05) is 18.3 Å². The van der Waals surface area contributed by atoms with Gasteiger partial charge in [0.25, 0.3) is 0 Å². The fourth-order valence-corrected chi connectivity index (χ4v) is 3.11. The van der Waals surface area contributed by atoms with Crippen molar-refractivity contribution < 1.29 is 0 Å². The van der Waals surface area contributed by atoms with Crippen molar-refractivity contribution in [2.75, 3.05) is 0 Å². The lowest BCUT2D eigenvalue weighted by Gasteiger charge is -2.13. The summed E-state index contributed by atoms with van der Waals surface area (Å²) in [6.45, 7) is 5.42. The van der Waals surface area contributed by atoms with Crippen molar-refractivity contribution in [2.24, 2.45) is 5.92 Å². The number of para-hydroxylation sites is 1. The first-order chi connectivity index (χ1) is 11.2. The van der Waals surface area contributed by atoms with Crippen molar-refractivity contribution in [1.29, 1.82) is 0 Å². The minimum Gasteiger partial charge on any atom is -0.323 e. The first-order valence-electron chi connectivity index (χ1n) is 8.03. The molecule has 0 spiro atoms. The topological polar surface area (TPSA) is 30.7 Å². The molecule has 114 valence electrons. The van der Waals surface area contributed by atoms with Gasteiger partial charge in [0, 0.05) is 17.5 Å². The van der Waals surface area contributed by atoms with Crippen LogP contribution in [0.3, 0.4) is 0 Å². The highest BCUT2D eigenvalue weighted by Crippen LogP contribution is 2.30. The lowest BCUT2D eigenvalue weighted by Crippen LogP contribution is -2.06. The number of aromatic nitrogens is 3. The van der Waals surface area contributed by atoms with Gasteiger partial charge < -0.3 is 4.57 Å². The normalized spacial score (nSPS) is 11.6. The molecule has 0 saturated heterocycles. The average molecular weight is 301 g/mol. The maximum absolute atomic E-state index is 4.89. The van der Waals surface area contributed by atoms with Crippen LogP contribution in [-0.4, -0.2) is 14.5 Å². The Balaban J connectivity index is 2.09. The van der Waals surface area contributed by atoms with Crippen molar-refractivity contribution in [3.05, 3.63) is 60.8 Å². The third-order valence-corrected chi connectivity index (χ3v) is 4.06. The molecule has 3 nitrogen and oxygen atoms in total. The van der Waals surface area contributed by atoms with Crippen LogP contribution in [-0.2, 0) is 6.54 Å². The van der Waals surface area contributed by atoms with Crippen LogP contribution < -0.4 is 0 Å². The van der Waals surface area contributed by atoms with E-state index in [2.05, 4.69) is 65.9 Å². The molecule has 4 rings (SSSR count). The van der Waals surface area contributed by atoms with E-state index in [9.17, 15) is 0 Å². The van der Waals surface area contributed by atoms with Crippen LogP contribution in [0, 0.1) is 5.92 Å². The van der Waals surface area contributed by atoms with E-state index in [4.69, 9.17) is 4.98 Å². The highest BCUT2D eigenvalue weighted by atomic mass is 15.1. The number of hydrogen-bond donors (Lipinski definition) is 0. The summed E-state index contributed by atoms with van der Waals surface area (Å²) in [4.78, 5) is 9.45. The van der Waals surface area contributed by atoms with Gasteiger partial charge in [-0.15, -0.1) is 0 Å². The first-order valence-corrected chi connectivity index (χ1v) is 8.03. The monoisotopic (exact) mass is 301 g/mol.